The third-order valence-corrected chi connectivity index (χ3v) is 4.11. The predicted octanol–water partition coefficient (Wildman–Crippen LogP) is 1.02. The number of fused-ring (bicyclic) bond motifs is 1. The quantitative estimate of drug-likeness (QED) is 0.574. The summed E-state index contributed by atoms with van der Waals surface area (Å²) in [6.45, 7) is 11.7. The Labute approximate surface area is 87.7 Å². The van der Waals surface area contributed by atoms with E-state index in [-0.39, 0.29) is 0 Å². The summed E-state index contributed by atoms with van der Waals surface area (Å²) in [5.74, 6) is 0. The van der Waals surface area contributed by atoms with Gasteiger partial charge in [0.05, 0.1) is 0 Å². The van der Waals surface area contributed by atoms with Crippen LogP contribution in [0, 0.1) is 0 Å². The number of likely N-dealkylation sites (N-methyl/N-ethyl adjacent to an activating group) is 2. The molecular weight excluding hydrogens is 174 g/mol. The van der Waals surface area contributed by atoms with Gasteiger partial charge in [0.2, 0.25) is 0 Å². The molecule has 3 heteroatoms. The molecule has 0 radical (unpaired) electrons. The zero-order chi connectivity index (χ0) is 10.7. The van der Waals surface area contributed by atoms with Gasteiger partial charge in [0.1, 0.15) is 6.29 Å². The summed E-state index contributed by atoms with van der Waals surface area (Å²) in [7, 11) is 4.48. The highest BCUT2D eigenvalue weighted by Gasteiger charge is 2.52. The molecule has 0 aromatic carbocycles. The van der Waals surface area contributed by atoms with Crippen molar-refractivity contribution in [3.05, 3.63) is 0 Å². The van der Waals surface area contributed by atoms with Crippen molar-refractivity contribution in [2.45, 2.75) is 45.1 Å². The fourth-order valence-electron chi connectivity index (χ4n) is 2.81. The molecule has 3 nitrogen and oxygen atoms in total. The zero-order valence-electron chi connectivity index (χ0n) is 10.3. The molecule has 0 unspecified atom stereocenters. The second kappa shape index (κ2) is 2.71. The summed E-state index contributed by atoms with van der Waals surface area (Å²) in [5, 5.41) is 0. The highest BCUT2D eigenvalue weighted by Crippen LogP contribution is 2.38. The molecule has 82 valence electrons. The molecule has 0 amide bonds. The van der Waals surface area contributed by atoms with Crippen LogP contribution in [0.5, 0.6) is 0 Å². The summed E-state index contributed by atoms with van der Waals surface area (Å²) in [6, 6.07) is 0. The van der Waals surface area contributed by atoms with E-state index >= 15 is 0 Å². The van der Waals surface area contributed by atoms with Crippen LogP contribution in [0.1, 0.15) is 27.7 Å². The molecule has 2 rings (SSSR count). The molecule has 2 fully saturated rings. The molecule has 14 heavy (non-hydrogen) atoms. The van der Waals surface area contributed by atoms with Crippen LogP contribution in [0.3, 0.4) is 0 Å². The van der Waals surface area contributed by atoms with Crippen molar-refractivity contribution in [2.24, 2.45) is 0 Å². The van der Waals surface area contributed by atoms with Crippen molar-refractivity contribution in [1.29, 1.82) is 0 Å². The van der Waals surface area contributed by atoms with Gasteiger partial charge in [-0.25, -0.2) is 0 Å². The lowest BCUT2D eigenvalue weighted by atomic mass is 10.0. The summed E-state index contributed by atoms with van der Waals surface area (Å²) in [5.41, 5.74) is 0.630. The minimum atomic E-state index is 0.315. The SMILES string of the molecule is CN1C2N(CC1(C)C)CC(C)(C)N2C. The Bertz CT molecular complexity index is 223. The van der Waals surface area contributed by atoms with E-state index in [1.807, 2.05) is 0 Å². The van der Waals surface area contributed by atoms with Crippen molar-refractivity contribution in [3.63, 3.8) is 0 Å². The molecule has 2 heterocycles. The van der Waals surface area contributed by atoms with Gasteiger partial charge in [0.15, 0.2) is 0 Å². The first kappa shape index (κ1) is 10.4. The standard InChI is InChI=1S/C11H23N3/c1-10(2)7-14-8-11(3,4)13(6)9(14)12(10)5/h9H,7-8H2,1-6H3. The van der Waals surface area contributed by atoms with Crippen molar-refractivity contribution in [2.75, 3.05) is 27.2 Å². The van der Waals surface area contributed by atoms with E-state index in [1.54, 1.807) is 0 Å². The van der Waals surface area contributed by atoms with E-state index in [1.165, 1.54) is 13.1 Å². The minimum absolute atomic E-state index is 0.315. The number of nitrogens with zero attached hydrogens (tertiary/aromatic N) is 3. The van der Waals surface area contributed by atoms with Crippen molar-refractivity contribution >= 4 is 0 Å². The van der Waals surface area contributed by atoms with Gasteiger partial charge in [-0.05, 0) is 41.8 Å². The first-order chi connectivity index (χ1) is 6.26. The lowest BCUT2D eigenvalue weighted by Crippen LogP contribution is -2.51. The first-order valence-corrected chi connectivity index (χ1v) is 5.46. The molecule has 0 N–H and O–H groups in total. The van der Waals surface area contributed by atoms with Crippen LogP contribution >= 0.6 is 0 Å². The number of rotatable bonds is 0. The summed E-state index contributed by atoms with van der Waals surface area (Å²) >= 11 is 0. The van der Waals surface area contributed by atoms with Gasteiger partial charge < -0.3 is 0 Å². The Morgan fingerprint density at radius 2 is 1.21 bits per heavy atom. The largest absolute Gasteiger partial charge is 0.272 e. The lowest BCUT2D eigenvalue weighted by molar-refractivity contribution is 0.0226. The van der Waals surface area contributed by atoms with Crippen LogP contribution in [0.25, 0.3) is 0 Å². The Hall–Kier alpha value is -0.120. The Morgan fingerprint density at radius 3 is 1.50 bits per heavy atom. The van der Waals surface area contributed by atoms with Crippen molar-refractivity contribution in [3.8, 4) is 0 Å². The highest BCUT2D eigenvalue weighted by atomic mass is 15.6. The Morgan fingerprint density at radius 1 is 0.857 bits per heavy atom. The topological polar surface area (TPSA) is 9.72 Å². The fourth-order valence-corrected chi connectivity index (χ4v) is 2.81. The van der Waals surface area contributed by atoms with Crippen LogP contribution in [-0.2, 0) is 0 Å². The Kier molecular flexibility index (Phi) is 2.02. The molecule has 0 saturated carbocycles. The predicted molar refractivity (Wildman–Crippen MR) is 59.0 cm³/mol. The first-order valence-electron chi connectivity index (χ1n) is 5.46. The third kappa shape index (κ3) is 1.23. The molecule has 0 aliphatic carbocycles. The van der Waals surface area contributed by atoms with Crippen LogP contribution in [0.2, 0.25) is 0 Å². The third-order valence-electron chi connectivity index (χ3n) is 4.11. The van der Waals surface area contributed by atoms with Gasteiger partial charge in [-0.15, -0.1) is 0 Å². The van der Waals surface area contributed by atoms with Gasteiger partial charge in [0.25, 0.3) is 0 Å². The maximum Gasteiger partial charge on any atom is 0.120 e. The van der Waals surface area contributed by atoms with Crippen LogP contribution in [0.15, 0.2) is 0 Å². The van der Waals surface area contributed by atoms with Gasteiger partial charge >= 0.3 is 0 Å². The monoisotopic (exact) mass is 197 g/mol. The molecule has 2 aliphatic heterocycles. The second-order valence-corrected chi connectivity index (χ2v) is 6.10. The molecule has 0 bridgehead atoms. The second-order valence-electron chi connectivity index (χ2n) is 6.10. The molecule has 0 aromatic rings. The Balaban J connectivity index is 2.25. The van der Waals surface area contributed by atoms with Crippen molar-refractivity contribution < 1.29 is 0 Å². The minimum Gasteiger partial charge on any atom is -0.272 e. The van der Waals surface area contributed by atoms with E-state index in [4.69, 9.17) is 0 Å². The fraction of sp³-hybridized carbons (Fsp3) is 1.00. The molecule has 2 aliphatic rings. The normalized spacial score (nSPS) is 33.9. The van der Waals surface area contributed by atoms with Gasteiger partial charge in [-0.2, -0.15) is 0 Å². The summed E-state index contributed by atoms with van der Waals surface area (Å²) in [6.07, 6.45) is 0.500. The number of hydrogen-bond donors (Lipinski definition) is 0. The van der Waals surface area contributed by atoms with Gasteiger partial charge in [0, 0.05) is 24.2 Å². The van der Waals surface area contributed by atoms with Crippen LogP contribution < -0.4 is 0 Å². The van der Waals surface area contributed by atoms with E-state index in [0.717, 1.165) is 0 Å². The van der Waals surface area contributed by atoms with E-state index < -0.39 is 0 Å². The van der Waals surface area contributed by atoms with E-state index in [9.17, 15) is 0 Å². The average molecular weight is 197 g/mol. The highest BCUT2D eigenvalue weighted by molar-refractivity contribution is 5.04. The molecular formula is C11H23N3. The molecule has 0 spiro atoms. The van der Waals surface area contributed by atoms with E-state index in [2.05, 4.69) is 56.5 Å². The van der Waals surface area contributed by atoms with Crippen LogP contribution in [-0.4, -0.2) is 59.3 Å². The lowest BCUT2D eigenvalue weighted by Gasteiger charge is -2.38. The van der Waals surface area contributed by atoms with E-state index in [0.29, 0.717) is 17.4 Å². The van der Waals surface area contributed by atoms with Crippen LogP contribution in [0.4, 0.5) is 0 Å². The summed E-state index contributed by atoms with van der Waals surface area (Å²) in [4.78, 5) is 7.56. The molecule has 2 saturated heterocycles. The average Bonchev–Trinajstić information content (AvgIpc) is 2.32. The number of hydrogen-bond acceptors (Lipinski definition) is 3. The summed E-state index contributed by atoms with van der Waals surface area (Å²) < 4.78 is 0. The van der Waals surface area contributed by atoms with Gasteiger partial charge in [-0.3, -0.25) is 14.7 Å². The van der Waals surface area contributed by atoms with Gasteiger partial charge in [-0.1, -0.05) is 0 Å². The molecule has 0 atom stereocenters. The zero-order valence-corrected chi connectivity index (χ0v) is 10.3. The molecule has 0 aromatic heterocycles. The van der Waals surface area contributed by atoms with Crippen molar-refractivity contribution in [1.82, 2.24) is 14.7 Å². The smallest absolute Gasteiger partial charge is 0.120 e. The maximum atomic E-state index is 2.58. The maximum absolute atomic E-state index is 2.58.